The van der Waals surface area contributed by atoms with Crippen LogP contribution in [0.5, 0.6) is 0 Å². The number of halogens is 1. The van der Waals surface area contributed by atoms with Crippen molar-refractivity contribution in [3.05, 3.63) is 59.7 Å². The Labute approximate surface area is 172 Å². The molecule has 3 rings (SSSR count). The van der Waals surface area contributed by atoms with E-state index in [1.807, 2.05) is 31.0 Å². The number of hydrogen-bond donors (Lipinski definition) is 2. The molecule has 2 aromatic carbocycles. The number of amides is 1. The number of anilines is 1. The second-order valence-electron chi connectivity index (χ2n) is 6.85. The smallest absolute Gasteiger partial charge is 0.261 e. The SMILES string of the molecule is CNCC1CCCN1C(=O)c1ccc(S(=O)(=O)Nc2ccc(C)cc2)cc1.Cl. The molecule has 0 bridgehead atoms. The normalized spacial score (nSPS) is 16.5. The second-order valence-corrected chi connectivity index (χ2v) is 8.53. The summed E-state index contributed by atoms with van der Waals surface area (Å²) in [4.78, 5) is 14.7. The van der Waals surface area contributed by atoms with Crippen molar-refractivity contribution in [1.82, 2.24) is 10.2 Å². The van der Waals surface area contributed by atoms with E-state index in [0.29, 0.717) is 11.3 Å². The van der Waals surface area contributed by atoms with Gasteiger partial charge >= 0.3 is 0 Å². The number of aryl methyl sites for hydroxylation is 1. The highest BCUT2D eigenvalue weighted by Crippen LogP contribution is 2.21. The third kappa shape index (κ3) is 5.04. The molecule has 1 atom stereocenters. The fourth-order valence-electron chi connectivity index (χ4n) is 3.33. The Hall–Kier alpha value is -2.09. The van der Waals surface area contributed by atoms with Crippen molar-refractivity contribution in [2.45, 2.75) is 30.7 Å². The quantitative estimate of drug-likeness (QED) is 0.748. The first kappa shape index (κ1) is 22.2. The zero-order chi connectivity index (χ0) is 19.4. The van der Waals surface area contributed by atoms with Crippen LogP contribution in [-0.2, 0) is 10.0 Å². The third-order valence-electron chi connectivity index (χ3n) is 4.79. The van der Waals surface area contributed by atoms with Gasteiger partial charge in [0.25, 0.3) is 15.9 Å². The van der Waals surface area contributed by atoms with Gasteiger partial charge in [0.1, 0.15) is 0 Å². The van der Waals surface area contributed by atoms with Gasteiger partial charge in [-0.25, -0.2) is 8.42 Å². The summed E-state index contributed by atoms with van der Waals surface area (Å²) in [5.41, 5.74) is 2.07. The number of likely N-dealkylation sites (tertiary alicyclic amines) is 1. The lowest BCUT2D eigenvalue weighted by atomic mass is 10.1. The first-order chi connectivity index (χ1) is 12.9. The Balaban J connectivity index is 0.00000280. The summed E-state index contributed by atoms with van der Waals surface area (Å²) in [6.07, 6.45) is 1.98. The van der Waals surface area contributed by atoms with Gasteiger partial charge in [-0.15, -0.1) is 12.4 Å². The minimum absolute atomic E-state index is 0. The molecule has 2 aromatic rings. The van der Waals surface area contributed by atoms with Crippen LogP contribution in [0.25, 0.3) is 0 Å². The Kier molecular flexibility index (Phi) is 7.46. The second kappa shape index (κ2) is 9.41. The highest BCUT2D eigenvalue weighted by atomic mass is 35.5. The number of sulfonamides is 1. The molecule has 1 fully saturated rings. The molecular weight excluding hydrogens is 398 g/mol. The highest BCUT2D eigenvalue weighted by Gasteiger charge is 2.29. The summed E-state index contributed by atoms with van der Waals surface area (Å²) < 4.78 is 27.7. The van der Waals surface area contributed by atoms with Crippen LogP contribution in [0.3, 0.4) is 0 Å². The zero-order valence-electron chi connectivity index (χ0n) is 16.0. The molecule has 0 radical (unpaired) electrons. The van der Waals surface area contributed by atoms with Crippen molar-refractivity contribution in [1.29, 1.82) is 0 Å². The van der Waals surface area contributed by atoms with Gasteiger partial charge in [-0.1, -0.05) is 17.7 Å². The topological polar surface area (TPSA) is 78.5 Å². The van der Waals surface area contributed by atoms with E-state index in [9.17, 15) is 13.2 Å². The van der Waals surface area contributed by atoms with Crippen LogP contribution in [0.4, 0.5) is 5.69 Å². The largest absolute Gasteiger partial charge is 0.334 e. The fraction of sp³-hybridized carbons (Fsp3) is 0.350. The number of nitrogens with zero attached hydrogens (tertiary/aromatic N) is 1. The number of benzene rings is 2. The Morgan fingerprint density at radius 3 is 2.36 bits per heavy atom. The Morgan fingerprint density at radius 2 is 1.75 bits per heavy atom. The van der Waals surface area contributed by atoms with Crippen LogP contribution in [0.15, 0.2) is 53.4 Å². The maximum atomic E-state index is 12.7. The van der Waals surface area contributed by atoms with Gasteiger partial charge in [-0.3, -0.25) is 9.52 Å². The first-order valence-electron chi connectivity index (χ1n) is 9.06. The lowest BCUT2D eigenvalue weighted by Crippen LogP contribution is -2.40. The van der Waals surface area contributed by atoms with Gasteiger partial charge in [0.05, 0.1) is 4.90 Å². The van der Waals surface area contributed by atoms with Crippen LogP contribution in [0.1, 0.15) is 28.8 Å². The molecule has 1 unspecified atom stereocenters. The van der Waals surface area contributed by atoms with Crippen LogP contribution in [0, 0.1) is 6.92 Å². The molecule has 0 aromatic heterocycles. The average molecular weight is 424 g/mol. The van der Waals surface area contributed by atoms with E-state index in [4.69, 9.17) is 0 Å². The van der Waals surface area contributed by atoms with Crippen molar-refractivity contribution in [2.75, 3.05) is 24.9 Å². The summed E-state index contributed by atoms with van der Waals surface area (Å²) in [7, 11) is -1.82. The van der Waals surface area contributed by atoms with Crippen LogP contribution >= 0.6 is 12.4 Å². The van der Waals surface area contributed by atoms with E-state index >= 15 is 0 Å². The number of likely N-dealkylation sites (N-methyl/N-ethyl adjacent to an activating group) is 1. The molecule has 1 aliphatic rings. The van der Waals surface area contributed by atoms with Gasteiger partial charge < -0.3 is 10.2 Å². The monoisotopic (exact) mass is 423 g/mol. The molecule has 0 spiro atoms. The molecule has 152 valence electrons. The van der Waals surface area contributed by atoms with Crippen molar-refractivity contribution >= 4 is 34.0 Å². The molecular formula is C20H26ClN3O3S. The fourth-order valence-corrected chi connectivity index (χ4v) is 4.39. The first-order valence-corrected chi connectivity index (χ1v) is 10.5. The predicted molar refractivity (Wildman–Crippen MR) is 114 cm³/mol. The van der Waals surface area contributed by atoms with E-state index in [-0.39, 0.29) is 29.3 Å². The van der Waals surface area contributed by atoms with Crippen LogP contribution in [-0.4, -0.2) is 45.4 Å². The lowest BCUT2D eigenvalue weighted by molar-refractivity contribution is 0.0737. The maximum absolute atomic E-state index is 12.7. The van der Waals surface area contributed by atoms with E-state index < -0.39 is 10.0 Å². The van der Waals surface area contributed by atoms with Crippen molar-refractivity contribution in [2.24, 2.45) is 0 Å². The molecule has 28 heavy (non-hydrogen) atoms. The summed E-state index contributed by atoms with van der Waals surface area (Å²) in [5, 5.41) is 3.12. The number of carbonyl (C=O) groups excluding carboxylic acids is 1. The molecule has 1 amide bonds. The van der Waals surface area contributed by atoms with Gasteiger partial charge in [0, 0.05) is 30.4 Å². The minimum Gasteiger partial charge on any atom is -0.334 e. The van der Waals surface area contributed by atoms with E-state index in [1.165, 1.54) is 12.1 Å². The summed E-state index contributed by atoms with van der Waals surface area (Å²) in [6, 6.07) is 13.4. The van der Waals surface area contributed by atoms with Gasteiger partial charge in [-0.05, 0) is 63.2 Å². The Bertz CT molecular complexity index is 899. The van der Waals surface area contributed by atoms with Crippen molar-refractivity contribution in [3.8, 4) is 0 Å². The molecule has 0 aliphatic carbocycles. The zero-order valence-corrected chi connectivity index (χ0v) is 17.6. The molecule has 8 heteroatoms. The minimum atomic E-state index is -3.69. The Morgan fingerprint density at radius 1 is 1.11 bits per heavy atom. The average Bonchev–Trinajstić information content (AvgIpc) is 3.11. The third-order valence-corrected chi connectivity index (χ3v) is 6.19. The van der Waals surface area contributed by atoms with Crippen LogP contribution < -0.4 is 10.0 Å². The molecule has 1 aliphatic heterocycles. The number of nitrogens with one attached hydrogen (secondary N) is 2. The number of carbonyl (C=O) groups is 1. The standard InChI is InChI=1S/C20H25N3O3S.ClH/c1-15-5-9-17(10-6-15)22-27(25,26)19-11-7-16(8-12-19)20(24)23-13-3-4-18(23)14-21-2;/h5-12,18,21-22H,3-4,13-14H2,1-2H3;1H. The van der Waals surface area contributed by atoms with Crippen molar-refractivity contribution < 1.29 is 13.2 Å². The highest BCUT2D eigenvalue weighted by molar-refractivity contribution is 7.92. The van der Waals surface area contributed by atoms with E-state index in [0.717, 1.165) is 31.5 Å². The molecule has 0 saturated carbocycles. The summed E-state index contributed by atoms with van der Waals surface area (Å²) in [5.74, 6) is -0.0526. The molecule has 6 nitrogen and oxygen atoms in total. The predicted octanol–water partition coefficient (Wildman–Crippen LogP) is 3.04. The molecule has 1 heterocycles. The molecule has 2 N–H and O–H groups in total. The van der Waals surface area contributed by atoms with Gasteiger partial charge in [-0.2, -0.15) is 0 Å². The summed E-state index contributed by atoms with van der Waals surface area (Å²) >= 11 is 0. The van der Waals surface area contributed by atoms with Crippen molar-refractivity contribution in [3.63, 3.8) is 0 Å². The molecule has 1 saturated heterocycles. The lowest BCUT2D eigenvalue weighted by Gasteiger charge is -2.24. The number of hydrogen-bond acceptors (Lipinski definition) is 4. The van der Waals surface area contributed by atoms with E-state index in [1.54, 1.807) is 24.3 Å². The van der Waals surface area contributed by atoms with Crippen LogP contribution in [0.2, 0.25) is 0 Å². The maximum Gasteiger partial charge on any atom is 0.261 e. The number of rotatable bonds is 6. The van der Waals surface area contributed by atoms with Gasteiger partial charge in [0.15, 0.2) is 0 Å². The van der Waals surface area contributed by atoms with E-state index in [2.05, 4.69) is 10.0 Å². The summed E-state index contributed by atoms with van der Waals surface area (Å²) in [6.45, 7) is 3.44. The van der Waals surface area contributed by atoms with Gasteiger partial charge in [0.2, 0.25) is 0 Å².